The zero-order valence-corrected chi connectivity index (χ0v) is 12.7. The van der Waals surface area contributed by atoms with Crippen molar-refractivity contribution in [1.29, 1.82) is 0 Å². The fraction of sp³-hybridized carbons (Fsp3) is 0.917. The average molecular weight is 262 g/mol. The molecule has 0 aliphatic heterocycles. The van der Waals surface area contributed by atoms with Gasteiger partial charge < -0.3 is 14.6 Å². The van der Waals surface area contributed by atoms with E-state index in [0.29, 0.717) is 6.61 Å². The molecule has 0 aliphatic rings. The van der Waals surface area contributed by atoms with E-state index in [-0.39, 0.29) is 12.7 Å². The summed E-state index contributed by atoms with van der Waals surface area (Å²) in [5, 5.41) is 8.99. The zero-order chi connectivity index (χ0) is 13.5. The van der Waals surface area contributed by atoms with Crippen LogP contribution in [0.1, 0.15) is 20.3 Å². The third kappa shape index (κ3) is 8.35. The molecule has 17 heavy (non-hydrogen) atoms. The van der Waals surface area contributed by atoms with Crippen molar-refractivity contribution in [2.45, 2.75) is 52.1 Å². The normalized spacial score (nSPS) is 15.6. The summed E-state index contributed by atoms with van der Waals surface area (Å²) in [5.41, 5.74) is 0. The van der Waals surface area contributed by atoms with Gasteiger partial charge in [-0.2, -0.15) is 0 Å². The molecule has 0 amide bonds. The number of hydrogen-bond acceptors (Lipinski definition) is 3. The first kappa shape index (κ1) is 16.6. The first-order chi connectivity index (χ1) is 7.78. The van der Waals surface area contributed by atoms with Gasteiger partial charge in [0, 0.05) is 14.7 Å². The number of ether oxygens (including phenoxy) is 2. The molecule has 102 valence electrons. The predicted octanol–water partition coefficient (Wildman–Crippen LogP) is 2.81. The molecule has 2 unspecified atom stereocenters. The molecular weight excluding hydrogens is 236 g/mol. The van der Waals surface area contributed by atoms with Gasteiger partial charge in [-0.05, 0) is 12.0 Å². The van der Waals surface area contributed by atoms with Crippen molar-refractivity contribution in [2.24, 2.45) is 5.92 Å². The van der Waals surface area contributed by atoms with Gasteiger partial charge in [-0.1, -0.05) is 39.9 Å². The van der Waals surface area contributed by atoms with Crippen LogP contribution in [0, 0.1) is 5.92 Å². The maximum atomic E-state index is 10.9. The van der Waals surface area contributed by atoms with E-state index in [1.807, 2.05) is 13.8 Å². The highest BCUT2D eigenvalue weighted by molar-refractivity contribution is 6.76. The minimum absolute atomic E-state index is 0.00749. The molecule has 5 heteroatoms. The Bertz CT molecular complexity index is 225. The molecule has 0 saturated heterocycles. The zero-order valence-electron chi connectivity index (χ0n) is 11.7. The van der Waals surface area contributed by atoms with Crippen LogP contribution >= 0.6 is 0 Å². The maximum Gasteiger partial charge on any atom is 0.333 e. The molecule has 0 heterocycles. The fourth-order valence-corrected chi connectivity index (χ4v) is 2.01. The van der Waals surface area contributed by atoms with Crippen molar-refractivity contribution in [3.63, 3.8) is 0 Å². The highest BCUT2D eigenvalue weighted by Gasteiger charge is 2.24. The first-order valence-corrected chi connectivity index (χ1v) is 9.90. The molecule has 0 spiro atoms. The van der Waals surface area contributed by atoms with E-state index in [1.54, 1.807) is 0 Å². The quantitative estimate of drug-likeness (QED) is 0.394. The Morgan fingerprint density at radius 1 is 1.35 bits per heavy atom. The van der Waals surface area contributed by atoms with Crippen LogP contribution in [-0.4, -0.2) is 38.7 Å². The van der Waals surface area contributed by atoms with Crippen molar-refractivity contribution in [2.75, 3.05) is 13.4 Å². The van der Waals surface area contributed by atoms with Crippen molar-refractivity contribution in [3.8, 4) is 0 Å². The second-order valence-electron chi connectivity index (χ2n) is 5.65. The Kier molecular flexibility index (Phi) is 7.66. The van der Waals surface area contributed by atoms with E-state index in [1.165, 1.54) is 0 Å². The molecule has 0 rings (SSSR count). The Morgan fingerprint density at radius 3 is 2.35 bits per heavy atom. The van der Waals surface area contributed by atoms with E-state index >= 15 is 0 Å². The lowest BCUT2D eigenvalue weighted by atomic mass is 10.0. The number of carboxylic acid groups (broad SMARTS) is 1. The monoisotopic (exact) mass is 262 g/mol. The van der Waals surface area contributed by atoms with Gasteiger partial charge >= 0.3 is 5.97 Å². The van der Waals surface area contributed by atoms with Crippen LogP contribution in [0.5, 0.6) is 0 Å². The molecule has 1 N–H and O–H groups in total. The fourth-order valence-electron chi connectivity index (χ4n) is 1.25. The number of aliphatic carboxylic acids is 1. The van der Waals surface area contributed by atoms with E-state index in [2.05, 4.69) is 19.6 Å². The second-order valence-corrected chi connectivity index (χ2v) is 11.3. The van der Waals surface area contributed by atoms with Crippen LogP contribution < -0.4 is 0 Å². The van der Waals surface area contributed by atoms with Crippen LogP contribution in [0.2, 0.25) is 25.7 Å². The van der Waals surface area contributed by atoms with E-state index < -0.39 is 20.1 Å². The Balaban J connectivity index is 3.80. The molecule has 4 nitrogen and oxygen atoms in total. The molecule has 0 aliphatic carbocycles. The minimum Gasteiger partial charge on any atom is -0.479 e. The summed E-state index contributed by atoms with van der Waals surface area (Å²) in [6, 6.07) is 1.07. The van der Waals surface area contributed by atoms with Crippen molar-refractivity contribution in [3.05, 3.63) is 0 Å². The van der Waals surface area contributed by atoms with Crippen LogP contribution in [0.3, 0.4) is 0 Å². The van der Waals surface area contributed by atoms with E-state index in [4.69, 9.17) is 14.6 Å². The van der Waals surface area contributed by atoms with Gasteiger partial charge in [0.25, 0.3) is 0 Å². The van der Waals surface area contributed by atoms with Crippen molar-refractivity contribution >= 4 is 14.0 Å². The van der Waals surface area contributed by atoms with Crippen molar-refractivity contribution in [1.82, 2.24) is 0 Å². The lowest BCUT2D eigenvalue weighted by Gasteiger charge is -2.20. The number of hydrogen-bond donors (Lipinski definition) is 1. The Morgan fingerprint density at radius 2 is 1.94 bits per heavy atom. The molecular formula is C12H26O4Si. The average Bonchev–Trinajstić information content (AvgIpc) is 2.20. The molecule has 0 aromatic carbocycles. The summed E-state index contributed by atoms with van der Waals surface area (Å²) >= 11 is 0. The Labute approximate surface area is 105 Å². The third-order valence-corrected chi connectivity index (χ3v) is 4.44. The second kappa shape index (κ2) is 7.84. The van der Waals surface area contributed by atoms with Gasteiger partial charge in [-0.15, -0.1) is 0 Å². The summed E-state index contributed by atoms with van der Waals surface area (Å²) < 4.78 is 10.6. The molecule has 2 atom stereocenters. The van der Waals surface area contributed by atoms with Crippen LogP contribution in [0.25, 0.3) is 0 Å². The summed E-state index contributed by atoms with van der Waals surface area (Å²) in [6.07, 6.45) is 0.0261. The van der Waals surface area contributed by atoms with Crippen molar-refractivity contribution < 1.29 is 19.4 Å². The Hall–Kier alpha value is -0.393. The topological polar surface area (TPSA) is 55.8 Å². The minimum atomic E-state index is -1.08. The van der Waals surface area contributed by atoms with E-state index in [9.17, 15) is 4.79 Å². The van der Waals surface area contributed by atoms with Gasteiger partial charge in [-0.3, -0.25) is 0 Å². The maximum absolute atomic E-state index is 10.9. The predicted molar refractivity (Wildman–Crippen MR) is 70.9 cm³/mol. The third-order valence-electron chi connectivity index (χ3n) is 2.73. The molecule has 0 aromatic rings. The number of carbonyl (C=O) groups is 1. The van der Waals surface area contributed by atoms with Gasteiger partial charge in [0.15, 0.2) is 6.10 Å². The van der Waals surface area contributed by atoms with Crippen LogP contribution in [0.4, 0.5) is 0 Å². The molecule has 0 saturated carbocycles. The van der Waals surface area contributed by atoms with Crippen LogP contribution in [0.15, 0.2) is 0 Å². The summed E-state index contributed by atoms with van der Waals surface area (Å²) in [7, 11) is -1.08. The summed E-state index contributed by atoms with van der Waals surface area (Å²) in [6.45, 7) is 11.4. The van der Waals surface area contributed by atoms with Gasteiger partial charge in [0.05, 0.1) is 0 Å². The summed E-state index contributed by atoms with van der Waals surface area (Å²) in [5.74, 6) is -0.902. The SMILES string of the molecule is CCC(C)C(OCOCC[Si](C)(C)C)C(=O)O. The van der Waals surface area contributed by atoms with Gasteiger partial charge in [0.2, 0.25) is 0 Å². The molecule has 0 aromatic heterocycles. The molecule has 0 fully saturated rings. The largest absolute Gasteiger partial charge is 0.479 e. The number of rotatable bonds is 9. The van der Waals surface area contributed by atoms with Crippen LogP contribution in [-0.2, 0) is 14.3 Å². The highest BCUT2D eigenvalue weighted by atomic mass is 28.3. The number of carboxylic acids is 1. The van der Waals surface area contributed by atoms with Gasteiger partial charge in [0.1, 0.15) is 6.79 Å². The molecule has 0 bridgehead atoms. The standard InChI is InChI=1S/C12H26O4Si/c1-6-10(2)11(12(13)14)16-9-15-7-8-17(3,4)5/h10-11H,6-9H2,1-5H3,(H,13,14). The van der Waals surface area contributed by atoms with E-state index in [0.717, 1.165) is 12.5 Å². The first-order valence-electron chi connectivity index (χ1n) is 6.20. The van der Waals surface area contributed by atoms with Gasteiger partial charge in [-0.25, -0.2) is 4.79 Å². The molecule has 0 radical (unpaired) electrons. The summed E-state index contributed by atoms with van der Waals surface area (Å²) in [4.78, 5) is 10.9. The lowest BCUT2D eigenvalue weighted by molar-refractivity contribution is -0.166. The lowest BCUT2D eigenvalue weighted by Crippen LogP contribution is -2.31. The smallest absolute Gasteiger partial charge is 0.333 e. The highest BCUT2D eigenvalue weighted by Crippen LogP contribution is 2.12.